The fourth-order valence-electron chi connectivity index (χ4n) is 3.98. The third-order valence-electron chi connectivity index (χ3n) is 5.68. The van der Waals surface area contributed by atoms with Gasteiger partial charge in [-0.25, -0.2) is 4.79 Å². The topological polar surface area (TPSA) is 58.6 Å². The lowest BCUT2D eigenvalue weighted by Gasteiger charge is -2.37. The van der Waals surface area contributed by atoms with Crippen molar-refractivity contribution in [2.24, 2.45) is 5.92 Å². The molecule has 0 spiro atoms. The number of amides is 1. The number of carbonyl (C=O) groups excluding carboxylic acids is 2. The van der Waals surface area contributed by atoms with Crippen LogP contribution < -0.4 is 5.32 Å². The minimum absolute atomic E-state index is 0.0318. The van der Waals surface area contributed by atoms with E-state index in [0.717, 1.165) is 17.4 Å². The van der Waals surface area contributed by atoms with Gasteiger partial charge < -0.3 is 15.0 Å². The Balaban J connectivity index is 1.56. The molecule has 2 aromatic carbocycles. The van der Waals surface area contributed by atoms with Crippen molar-refractivity contribution in [2.75, 3.05) is 20.2 Å². The molecule has 1 N–H and O–H groups in total. The maximum Gasteiger partial charge on any atom is 0.328 e. The van der Waals surface area contributed by atoms with Crippen molar-refractivity contribution in [1.82, 2.24) is 10.2 Å². The Labute approximate surface area is 159 Å². The van der Waals surface area contributed by atoms with Crippen molar-refractivity contribution >= 4 is 22.6 Å². The van der Waals surface area contributed by atoms with E-state index in [9.17, 15) is 9.59 Å². The molecule has 1 saturated heterocycles. The number of esters is 1. The maximum atomic E-state index is 13.0. The Morgan fingerprint density at radius 1 is 1.22 bits per heavy atom. The van der Waals surface area contributed by atoms with Crippen LogP contribution in [0.3, 0.4) is 0 Å². The van der Waals surface area contributed by atoms with Gasteiger partial charge in [-0.3, -0.25) is 4.79 Å². The number of piperazine rings is 1. The Morgan fingerprint density at radius 2 is 2.00 bits per heavy atom. The van der Waals surface area contributed by atoms with E-state index < -0.39 is 6.04 Å². The van der Waals surface area contributed by atoms with Gasteiger partial charge in [0.1, 0.15) is 6.04 Å². The second-order valence-electron chi connectivity index (χ2n) is 7.64. The fraction of sp³-hybridized carbons (Fsp3) is 0.455. The van der Waals surface area contributed by atoms with Crippen molar-refractivity contribution in [2.45, 2.75) is 37.8 Å². The maximum absolute atomic E-state index is 13.0. The first-order chi connectivity index (χ1) is 13.2. The summed E-state index contributed by atoms with van der Waals surface area (Å²) in [5.41, 5.74) is 1.04. The first kappa shape index (κ1) is 18.0. The summed E-state index contributed by atoms with van der Waals surface area (Å²) in [6, 6.07) is 13.6. The van der Waals surface area contributed by atoms with Gasteiger partial charge in [-0.2, -0.15) is 0 Å². The van der Waals surface area contributed by atoms with E-state index in [1.165, 1.54) is 25.3 Å². The first-order valence-corrected chi connectivity index (χ1v) is 9.75. The first-order valence-electron chi connectivity index (χ1n) is 9.75. The molecule has 1 aliphatic heterocycles. The lowest BCUT2D eigenvalue weighted by atomic mass is 9.98. The van der Waals surface area contributed by atoms with Crippen LogP contribution >= 0.6 is 0 Å². The predicted octanol–water partition coefficient (Wildman–Crippen LogP) is 2.52. The lowest BCUT2D eigenvalue weighted by molar-refractivity contribution is -0.155. The van der Waals surface area contributed by atoms with Gasteiger partial charge in [0.05, 0.1) is 13.2 Å². The monoisotopic (exact) mass is 366 g/mol. The van der Waals surface area contributed by atoms with Gasteiger partial charge in [-0.1, -0.05) is 55.3 Å². The molecule has 4 rings (SSSR count). The highest BCUT2D eigenvalue weighted by Crippen LogP contribution is 2.34. The van der Waals surface area contributed by atoms with E-state index in [-0.39, 0.29) is 17.9 Å². The molecule has 142 valence electrons. The molecule has 5 heteroatoms. The molecule has 2 aromatic rings. The Hall–Kier alpha value is -2.40. The van der Waals surface area contributed by atoms with Gasteiger partial charge in [0.2, 0.25) is 5.91 Å². The van der Waals surface area contributed by atoms with Crippen molar-refractivity contribution in [1.29, 1.82) is 0 Å². The number of ether oxygens (including phenoxy) is 1. The number of benzene rings is 2. The Bertz CT molecular complexity index is 846. The van der Waals surface area contributed by atoms with E-state index in [0.29, 0.717) is 25.4 Å². The number of nitrogens with one attached hydrogen (secondary N) is 1. The summed E-state index contributed by atoms with van der Waals surface area (Å²) in [5.74, 6) is 0.344. The minimum atomic E-state index is -0.576. The van der Waals surface area contributed by atoms with Gasteiger partial charge in [0.25, 0.3) is 0 Å². The lowest BCUT2D eigenvalue weighted by Crippen LogP contribution is -2.60. The SMILES string of the molecule is COC(=O)C(Cc1ccc2ccccc2c1)N1CCNC(CC2CC2)C1=O. The van der Waals surface area contributed by atoms with Gasteiger partial charge >= 0.3 is 5.97 Å². The summed E-state index contributed by atoms with van der Waals surface area (Å²) >= 11 is 0. The van der Waals surface area contributed by atoms with Crippen LogP contribution in [0.15, 0.2) is 42.5 Å². The molecule has 0 bridgehead atoms. The largest absolute Gasteiger partial charge is 0.467 e. The molecule has 0 radical (unpaired) electrons. The predicted molar refractivity (Wildman–Crippen MR) is 104 cm³/mol. The summed E-state index contributed by atoms with van der Waals surface area (Å²) in [5, 5.41) is 5.63. The number of carbonyl (C=O) groups is 2. The van der Waals surface area contributed by atoms with Gasteiger partial charge in [-0.05, 0) is 28.7 Å². The average Bonchev–Trinajstić information content (AvgIpc) is 3.51. The molecule has 5 nitrogen and oxygen atoms in total. The summed E-state index contributed by atoms with van der Waals surface area (Å²) < 4.78 is 5.05. The van der Waals surface area contributed by atoms with Crippen LogP contribution in [-0.2, 0) is 20.7 Å². The van der Waals surface area contributed by atoms with Gasteiger partial charge in [0.15, 0.2) is 0 Å². The second-order valence-corrected chi connectivity index (χ2v) is 7.64. The van der Waals surface area contributed by atoms with Crippen LogP contribution in [0.1, 0.15) is 24.8 Å². The normalized spacial score (nSPS) is 21.3. The molecule has 1 saturated carbocycles. The zero-order valence-electron chi connectivity index (χ0n) is 15.7. The molecule has 1 amide bonds. The van der Waals surface area contributed by atoms with Gasteiger partial charge in [0, 0.05) is 19.5 Å². The van der Waals surface area contributed by atoms with Crippen LogP contribution in [0.25, 0.3) is 10.8 Å². The Kier molecular flexibility index (Phi) is 5.12. The van der Waals surface area contributed by atoms with Crippen LogP contribution in [0.4, 0.5) is 0 Å². The highest BCUT2D eigenvalue weighted by molar-refractivity contribution is 5.89. The third-order valence-corrected chi connectivity index (χ3v) is 5.68. The standard InChI is InChI=1S/C22H26N2O3/c1-27-22(26)20(14-16-8-9-17-4-2-3-5-18(17)12-16)24-11-10-23-19(21(24)25)13-15-6-7-15/h2-5,8-9,12,15,19-20,23H,6-7,10-11,13-14H2,1H3. The number of fused-ring (bicyclic) bond motifs is 1. The molecule has 2 fully saturated rings. The molecular formula is C22H26N2O3. The van der Waals surface area contributed by atoms with E-state index in [2.05, 4.69) is 29.6 Å². The van der Waals surface area contributed by atoms with Crippen LogP contribution in [0.5, 0.6) is 0 Å². The summed E-state index contributed by atoms with van der Waals surface area (Å²) in [4.78, 5) is 27.3. The summed E-state index contributed by atoms with van der Waals surface area (Å²) in [7, 11) is 1.39. The zero-order valence-corrected chi connectivity index (χ0v) is 15.7. The smallest absolute Gasteiger partial charge is 0.328 e. The number of rotatable bonds is 6. The molecular weight excluding hydrogens is 340 g/mol. The fourth-order valence-corrected chi connectivity index (χ4v) is 3.98. The Morgan fingerprint density at radius 3 is 2.74 bits per heavy atom. The van der Waals surface area contributed by atoms with Crippen molar-refractivity contribution in [3.8, 4) is 0 Å². The minimum Gasteiger partial charge on any atom is -0.467 e. The van der Waals surface area contributed by atoms with Crippen LogP contribution in [-0.4, -0.2) is 49.1 Å². The van der Waals surface area contributed by atoms with Crippen molar-refractivity contribution in [3.63, 3.8) is 0 Å². The quantitative estimate of drug-likeness (QED) is 0.798. The molecule has 2 aliphatic rings. The van der Waals surface area contributed by atoms with E-state index in [4.69, 9.17) is 4.74 Å². The number of nitrogens with zero attached hydrogens (tertiary/aromatic N) is 1. The third kappa shape index (κ3) is 3.98. The second kappa shape index (κ2) is 7.69. The highest BCUT2D eigenvalue weighted by Gasteiger charge is 2.39. The summed E-state index contributed by atoms with van der Waals surface area (Å²) in [6.07, 6.45) is 3.77. The van der Waals surface area contributed by atoms with Crippen LogP contribution in [0.2, 0.25) is 0 Å². The summed E-state index contributed by atoms with van der Waals surface area (Å²) in [6.45, 7) is 1.25. The molecule has 1 aliphatic carbocycles. The van der Waals surface area contributed by atoms with Crippen LogP contribution in [0, 0.1) is 5.92 Å². The van der Waals surface area contributed by atoms with Gasteiger partial charge in [-0.15, -0.1) is 0 Å². The molecule has 2 unspecified atom stereocenters. The number of methoxy groups -OCH3 is 1. The molecule has 27 heavy (non-hydrogen) atoms. The number of hydrogen-bond acceptors (Lipinski definition) is 4. The van der Waals surface area contributed by atoms with Crippen molar-refractivity contribution in [3.05, 3.63) is 48.0 Å². The zero-order chi connectivity index (χ0) is 18.8. The molecule has 2 atom stereocenters. The molecule has 0 aromatic heterocycles. The van der Waals surface area contributed by atoms with E-state index >= 15 is 0 Å². The van der Waals surface area contributed by atoms with E-state index in [1.807, 2.05) is 18.2 Å². The van der Waals surface area contributed by atoms with Crippen molar-refractivity contribution < 1.29 is 14.3 Å². The number of hydrogen-bond donors (Lipinski definition) is 1. The van der Waals surface area contributed by atoms with E-state index in [1.54, 1.807) is 4.90 Å². The highest BCUT2D eigenvalue weighted by atomic mass is 16.5. The molecule has 1 heterocycles. The average molecular weight is 366 g/mol.